The third kappa shape index (κ3) is 5.37. The molecule has 2 N–H and O–H groups in total. The first kappa shape index (κ1) is 18.0. The van der Waals surface area contributed by atoms with Crippen LogP contribution in [-0.4, -0.2) is 30.2 Å². The number of halogens is 3. The molecule has 2 rings (SSSR count). The molecular weight excluding hydrogens is 325 g/mol. The van der Waals surface area contributed by atoms with E-state index >= 15 is 0 Å². The molecule has 0 amide bonds. The fraction of sp³-hybridized carbons (Fsp3) is 0.733. The van der Waals surface area contributed by atoms with Gasteiger partial charge in [0, 0.05) is 24.2 Å². The van der Waals surface area contributed by atoms with Gasteiger partial charge in [0.15, 0.2) is 5.96 Å². The lowest BCUT2D eigenvalue weighted by Gasteiger charge is -2.31. The summed E-state index contributed by atoms with van der Waals surface area (Å²) in [6.45, 7) is 2.60. The second kappa shape index (κ2) is 7.99. The third-order valence-corrected chi connectivity index (χ3v) is 5.20. The Morgan fingerprint density at radius 2 is 2.22 bits per heavy atom. The van der Waals surface area contributed by atoms with E-state index in [-0.39, 0.29) is 18.9 Å². The van der Waals surface area contributed by atoms with E-state index < -0.39 is 12.1 Å². The molecule has 1 aliphatic rings. The Balaban J connectivity index is 1.84. The fourth-order valence-corrected chi connectivity index (χ4v) is 3.56. The van der Waals surface area contributed by atoms with Gasteiger partial charge in [-0.3, -0.25) is 4.99 Å². The maximum absolute atomic E-state index is 12.9. The lowest BCUT2D eigenvalue weighted by molar-refractivity contribution is -0.183. The Hall–Kier alpha value is -1.31. The predicted molar refractivity (Wildman–Crippen MR) is 86.6 cm³/mol. The SMILES string of the molecule is CCc1cnc(CNC(=NC)NC2CCCC(C(F)(F)F)C2)s1. The van der Waals surface area contributed by atoms with E-state index in [1.54, 1.807) is 18.4 Å². The number of thiazole rings is 1. The molecule has 1 saturated carbocycles. The van der Waals surface area contributed by atoms with Crippen LogP contribution in [-0.2, 0) is 13.0 Å². The number of hydrogen-bond acceptors (Lipinski definition) is 3. The van der Waals surface area contributed by atoms with E-state index in [1.807, 2.05) is 6.20 Å². The number of nitrogens with one attached hydrogen (secondary N) is 2. The van der Waals surface area contributed by atoms with Crippen LogP contribution >= 0.6 is 11.3 Å². The average Bonchev–Trinajstić information content (AvgIpc) is 2.99. The highest BCUT2D eigenvalue weighted by Crippen LogP contribution is 2.37. The molecule has 0 spiro atoms. The van der Waals surface area contributed by atoms with E-state index in [4.69, 9.17) is 0 Å². The maximum atomic E-state index is 12.9. The zero-order chi connectivity index (χ0) is 16.9. The smallest absolute Gasteiger partial charge is 0.354 e. The summed E-state index contributed by atoms with van der Waals surface area (Å²) < 4.78 is 38.6. The number of rotatable bonds is 4. The molecule has 2 atom stereocenters. The molecule has 1 aromatic heterocycles. The molecule has 0 saturated heterocycles. The summed E-state index contributed by atoms with van der Waals surface area (Å²) in [4.78, 5) is 9.62. The van der Waals surface area contributed by atoms with Gasteiger partial charge in [-0.2, -0.15) is 13.2 Å². The summed E-state index contributed by atoms with van der Waals surface area (Å²) in [5.41, 5.74) is 0. The van der Waals surface area contributed by atoms with Crippen LogP contribution in [0.4, 0.5) is 13.2 Å². The Morgan fingerprint density at radius 1 is 1.43 bits per heavy atom. The first-order valence-corrected chi connectivity index (χ1v) is 8.71. The molecule has 1 heterocycles. The predicted octanol–water partition coefficient (Wildman–Crippen LogP) is 3.49. The highest BCUT2D eigenvalue weighted by Gasteiger charge is 2.42. The number of nitrogens with zero attached hydrogens (tertiary/aromatic N) is 2. The van der Waals surface area contributed by atoms with Gasteiger partial charge in [-0.05, 0) is 25.7 Å². The van der Waals surface area contributed by atoms with Crippen molar-refractivity contribution in [1.82, 2.24) is 15.6 Å². The van der Waals surface area contributed by atoms with Crippen LogP contribution in [0.3, 0.4) is 0 Å². The van der Waals surface area contributed by atoms with Gasteiger partial charge >= 0.3 is 6.18 Å². The van der Waals surface area contributed by atoms with Crippen LogP contribution < -0.4 is 10.6 Å². The van der Waals surface area contributed by atoms with E-state index in [0.717, 1.165) is 17.8 Å². The first-order chi connectivity index (χ1) is 10.9. The van der Waals surface area contributed by atoms with Crippen molar-refractivity contribution in [2.75, 3.05) is 7.05 Å². The maximum Gasteiger partial charge on any atom is 0.391 e. The zero-order valence-electron chi connectivity index (χ0n) is 13.4. The second-order valence-corrected chi connectivity index (χ2v) is 6.95. The van der Waals surface area contributed by atoms with Gasteiger partial charge in [0.05, 0.1) is 12.5 Å². The monoisotopic (exact) mass is 348 g/mol. The van der Waals surface area contributed by atoms with E-state index in [0.29, 0.717) is 18.9 Å². The Kier molecular flexibility index (Phi) is 6.26. The van der Waals surface area contributed by atoms with Crippen molar-refractivity contribution in [2.45, 2.75) is 57.8 Å². The highest BCUT2D eigenvalue weighted by molar-refractivity contribution is 7.11. The van der Waals surface area contributed by atoms with Crippen molar-refractivity contribution >= 4 is 17.3 Å². The number of aromatic nitrogens is 1. The quantitative estimate of drug-likeness (QED) is 0.647. The summed E-state index contributed by atoms with van der Waals surface area (Å²) >= 11 is 1.63. The molecular formula is C15H23F3N4S. The summed E-state index contributed by atoms with van der Waals surface area (Å²) in [6.07, 6.45) is 0.372. The molecule has 130 valence electrons. The summed E-state index contributed by atoms with van der Waals surface area (Å²) in [6, 6.07) is -0.191. The Morgan fingerprint density at radius 3 is 2.83 bits per heavy atom. The van der Waals surface area contributed by atoms with Crippen molar-refractivity contribution < 1.29 is 13.2 Å². The van der Waals surface area contributed by atoms with Crippen molar-refractivity contribution in [3.05, 3.63) is 16.1 Å². The topological polar surface area (TPSA) is 49.3 Å². The highest BCUT2D eigenvalue weighted by atomic mass is 32.1. The normalized spacial score (nSPS) is 22.9. The molecule has 1 aromatic rings. The Labute approximate surface area is 138 Å². The molecule has 4 nitrogen and oxygen atoms in total. The van der Waals surface area contributed by atoms with E-state index in [9.17, 15) is 13.2 Å². The van der Waals surface area contributed by atoms with E-state index in [2.05, 4.69) is 27.5 Å². The summed E-state index contributed by atoms with van der Waals surface area (Å²) in [7, 11) is 1.62. The lowest BCUT2D eigenvalue weighted by atomic mass is 9.85. The minimum absolute atomic E-state index is 0.113. The van der Waals surface area contributed by atoms with Crippen LogP contribution in [0.15, 0.2) is 11.2 Å². The second-order valence-electron chi connectivity index (χ2n) is 5.75. The number of guanidine groups is 1. The van der Waals surface area contributed by atoms with Crippen LogP contribution in [0.5, 0.6) is 0 Å². The van der Waals surface area contributed by atoms with Crippen molar-refractivity contribution in [3.63, 3.8) is 0 Å². The number of hydrogen-bond donors (Lipinski definition) is 2. The summed E-state index contributed by atoms with van der Waals surface area (Å²) in [5, 5.41) is 7.19. The van der Waals surface area contributed by atoms with Crippen molar-refractivity contribution in [1.29, 1.82) is 0 Å². The van der Waals surface area contributed by atoms with Crippen LogP contribution in [0, 0.1) is 5.92 Å². The fourth-order valence-electron chi connectivity index (χ4n) is 2.76. The summed E-state index contributed by atoms with van der Waals surface area (Å²) in [5.74, 6) is -0.677. The molecule has 0 bridgehead atoms. The van der Waals surface area contributed by atoms with Gasteiger partial charge in [-0.15, -0.1) is 11.3 Å². The zero-order valence-corrected chi connectivity index (χ0v) is 14.2. The van der Waals surface area contributed by atoms with Crippen LogP contribution in [0.25, 0.3) is 0 Å². The minimum atomic E-state index is -4.10. The largest absolute Gasteiger partial charge is 0.391 e. The van der Waals surface area contributed by atoms with E-state index in [1.165, 1.54) is 4.88 Å². The van der Waals surface area contributed by atoms with Gasteiger partial charge in [-0.25, -0.2) is 4.98 Å². The molecule has 2 unspecified atom stereocenters. The molecule has 0 radical (unpaired) electrons. The molecule has 0 aromatic carbocycles. The van der Waals surface area contributed by atoms with Gasteiger partial charge in [0.2, 0.25) is 0 Å². The average molecular weight is 348 g/mol. The number of alkyl halides is 3. The van der Waals surface area contributed by atoms with Gasteiger partial charge in [0.25, 0.3) is 0 Å². The van der Waals surface area contributed by atoms with Crippen molar-refractivity contribution in [3.8, 4) is 0 Å². The van der Waals surface area contributed by atoms with Crippen LogP contribution in [0.2, 0.25) is 0 Å². The standard InChI is InChI=1S/C15H23F3N4S/c1-3-12-8-20-13(23-12)9-21-14(19-2)22-11-6-4-5-10(7-11)15(16,17)18/h8,10-11H,3-7,9H2,1-2H3,(H2,19,21,22). The molecule has 1 fully saturated rings. The Bertz CT molecular complexity index is 527. The molecule has 8 heteroatoms. The third-order valence-electron chi connectivity index (χ3n) is 4.06. The van der Waals surface area contributed by atoms with Gasteiger partial charge < -0.3 is 10.6 Å². The lowest BCUT2D eigenvalue weighted by Crippen LogP contribution is -2.46. The van der Waals surface area contributed by atoms with Crippen molar-refractivity contribution in [2.24, 2.45) is 10.9 Å². The van der Waals surface area contributed by atoms with Gasteiger partial charge in [0.1, 0.15) is 5.01 Å². The first-order valence-electron chi connectivity index (χ1n) is 7.89. The molecule has 1 aliphatic carbocycles. The van der Waals surface area contributed by atoms with Crippen LogP contribution in [0.1, 0.15) is 42.5 Å². The molecule has 0 aliphatic heterocycles. The minimum Gasteiger partial charge on any atom is -0.354 e. The van der Waals surface area contributed by atoms with Gasteiger partial charge in [-0.1, -0.05) is 13.3 Å². The number of aliphatic imine (C=N–C) groups is 1. The molecule has 23 heavy (non-hydrogen) atoms. The number of aryl methyl sites for hydroxylation is 1.